The van der Waals surface area contributed by atoms with Gasteiger partial charge in [0, 0.05) is 10.0 Å². The minimum atomic E-state index is -0.775. The van der Waals surface area contributed by atoms with Crippen molar-refractivity contribution in [2.24, 2.45) is 4.99 Å². The number of allylic oxidation sites excluding steroid dienone is 1. The van der Waals surface area contributed by atoms with Crippen LogP contribution in [0.4, 0.5) is 0 Å². The van der Waals surface area contributed by atoms with Gasteiger partial charge in [0.05, 0.1) is 34.0 Å². The van der Waals surface area contributed by atoms with E-state index in [9.17, 15) is 14.7 Å². The smallest absolute Gasteiger partial charge is 0.338 e. The standard InChI is InChI=1S/C26H24Br2N2O5S/c1-4-6-18-22(25(33)35-5-2)23(16-13-15(27)8-10-20(16)34-3)30-24(32)21(36-26(30)29-18)12-14-7-9-19(31)17(28)11-14/h7-13,23,31H,4-6H2,1-3H3/b21-12+/t23-/m1/s1. The lowest BCUT2D eigenvalue weighted by atomic mass is 9.93. The maximum atomic E-state index is 13.8. The first-order valence-electron chi connectivity index (χ1n) is 11.3. The summed E-state index contributed by atoms with van der Waals surface area (Å²) in [5.74, 6) is 0.145. The highest BCUT2D eigenvalue weighted by atomic mass is 79.9. The molecular weight excluding hydrogens is 612 g/mol. The Hall–Kier alpha value is -2.69. The summed E-state index contributed by atoms with van der Waals surface area (Å²) in [7, 11) is 1.56. The molecular formula is C26H24Br2N2O5S. The third-order valence-electron chi connectivity index (χ3n) is 5.65. The Morgan fingerprint density at radius 3 is 2.67 bits per heavy atom. The lowest BCUT2D eigenvalue weighted by molar-refractivity contribution is -0.139. The Bertz CT molecular complexity index is 1540. The first kappa shape index (κ1) is 26.4. The molecule has 0 bridgehead atoms. The Balaban J connectivity index is 2.05. The zero-order chi connectivity index (χ0) is 26.0. The fourth-order valence-electron chi connectivity index (χ4n) is 4.10. The third-order valence-corrected chi connectivity index (χ3v) is 7.76. The normalized spacial score (nSPS) is 15.5. The molecule has 0 aliphatic carbocycles. The van der Waals surface area contributed by atoms with E-state index in [4.69, 9.17) is 14.5 Å². The van der Waals surface area contributed by atoms with Gasteiger partial charge in [0.1, 0.15) is 17.5 Å². The molecule has 188 valence electrons. The van der Waals surface area contributed by atoms with Crippen LogP contribution in [0.5, 0.6) is 11.5 Å². The average Bonchev–Trinajstić information content (AvgIpc) is 3.15. The number of halogens is 2. The van der Waals surface area contributed by atoms with Gasteiger partial charge >= 0.3 is 5.97 Å². The van der Waals surface area contributed by atoms with Crippen molar-refractivity contribution >= 4 is 55.2 Å². The maximum absolute atomic E-state index is 13.8. The van der Waals surface area contributed by atoms with E-state index in [2.05, 4.69) is 31.9 Å². The van der Waals surface area contributed by atoms with Crippen LogP contribution in [0, 0.1) is 0 Å². The predicted molar refractivity (Wildman–Crippen MR) is 146 cm³/mol. The van der Waals surface area contributed by atoms with Crippen LogP contribution in [-0.2, 0) is 9.53 Å². The van der Waals surface area contributed by atoms with Gasteiger partial charge in [-0.1, -0.05) is 46.7 Å². The number of fused-ring (bicyclic) bond motifs is 1. The number of hydrogen-bond acceptors (Lipinski definition) is 7. The van der Waals surface area contributed by atoms with Crippen molar-refractivity contribution in [3.63, 3.8) is 0 Å². The van der Waals surface area contributed by atoms with Crippen LogP contribution in [0.15, 0.2) is 66.4 Å². The summed E-state index contributed by atoms with van der Waals surface area (Å²) in [6.07, 6.45) is 3.06. The number of ether oxygens (including phenoxy) is 2. The molecule has 36 heavy (non-hydrogen) atoms. The van der Waals surface area contributed by atoms with Crippen LogP contribution < -0.4 is 19.6 Å². The van der Waals surface area contributed by atoms with E-state index in [-0.39, 0.29) is 17.9 Å². The molecule has 3 aromatic rings. The number of nitrogens with zero attached hydrogens (tertiary/aromatic N) is 2. The number of carbonyl (C=O) groups excluding carboxylic acids is 1. The molecule has 7 nitrogen and oxygen atoms in total. The number of thiazole rings is 1. The molecule has 1 aliphatic heterocycles. The average molecular weight is 636 g/mol. The van der Waals surface area contributed by atoms with Gasteiger partial charge in [0.2, 0.25) is 0 Å². The lowest BCUT2D eigenvalue weighted by Gasteiger charge is -2.27. The minimum Gasteiger partial charge on any atom is -0.507 e. The summed E-state index contributed by atoms with van der Waals surface area (Å²) in [5, 5.41) is 9.83. The van der Waals surface area contributed by atoms with E-state index in [1.54, 1.807) is 48.9 Å². The van der Waals surface area contributed by atoms with Crippen LogP contribution in [-0.4, -0.2) is 29.4 Å². The van der Waals surface area contributed by atoms with Gasteiger partial charge in [-0.2, -0.15) is 0 Å². The van der Waals surface area contributed by atoms with E-state index < -0.39 is 12.0 Å². The molecule has 1 N–H and O–H groups in total. The van der Waals surface area contributed by atoms with Crippen LogP contribution in [0.2, 0.25) is 0 Å². The SMILES string of the molecule is CCCC1=C(C(=O)OCC)[C@@H](c2cc(Br)ccc2OC)n2c(s/c(=C/c3ccc(O)c(Br)c3)c2=O)=N1. The predicted octanol–water partition coefficient (Wildman–Crippen LogP) is 4.82. The van der Waals surface area contributed by atoms with Crippen LogP contribution in [0.3, 0.4) is 0 Å². The van der Waals surface area contributed by atoms with Crippen LogP contribution >= 0.6 is 43.2 Å². The Kier molecular flexibility index (Phi) is 8.17. The van der Waals surface area contributed by atoms with E-state index in [1.807, 2.05) is 19.1 Å². The molecule has 10 heteroatoms. The first-order chi connectivity index (χ1) is 17.3. The van der Waals surface area contributed by atoms with Gasteiger partial charge in [-0.05, 0) is 71.2 Å². The summed E-state index contributed by atoms with van der Waals surface area (Å²) in [4.78, 5) is 32.4. The van der Waals surface area contributed by atoms with E-state index in [0.717, 1.165) is 16.5 Å². The largest absolute Gasteiger partial charge is 0.507 e. The molecule has 4 rings (SSSR count). The second-order valence-electron chi connectivity index (χ2n) is 8.01. The monoisotopic (exact) mass is 634 g/mol. The number of methoxy groups -OCH3 is 1. The molecule has 2 aromatic carbocycles. The van der Waals surface area contributed by atoms with Crippen molar-refractivity contribution in [2.75, 3.05) is 13.7 Å². The molecule has 0 radical (unpaired) electrons. The number of benzene rings is 2. The number of rotatable bonds is 7. The first-order valence-corrected chi connectivity index (χ1v) is 13.7. The van der Waals surface area contributed by atoms with Gasteiger partial charge in [0.25, 0.3) is 5.56 Å². The zero-order valence-electron chi connectivity index (χ0n) is 19.9. The van der Waals surface area contributed by atoms with Gasteiger partial charge in [-0.15, -0.1) is 0 Å². The van der Waals surface area contributed by atoms with Crippen LogP contribution in [0.1, 0.15) is 43.9 Å². The van der Waals surface area contributed by atoms with Crippen molar-refractivity contribution in [1.29, 1.82) is 0 Å². The molecule has 0 unspecified atom stereocenters. The lowest BCUT2D eigenvalue weighted by Crippen LogP contribution is -2.40. The number of aromatic nitrogens is 1. The molecule has 2 heterocycles. The number of carbonyl (C=O) groups is 1. The van der Waals surface area contributed by atoms with Crippen molar-refractivity contribution < 1.29 is 19.4 Å². The summed E-state index contributed by atoms with van der Waals surface area (Å²) in [5.41, 5.74) is 2.04. The van der Waals surface area contributed by atoms with Crippen molar-refractivity contribution in [3.8, 4) is 11.5 Å². The number of aromatic hydroxyl groups is 1. The summed E-state index contributed by atoms with van der Waals surface area (Å²) < 4.78 is 14.4. The topological polar surface area (TPSA) is 90.1 Å². The summed E-state index contributed by atoms with van der Waals surface area (Å²) >= 11 is 8.09. The van der Waals surface area contributed by atoms with E-state index in [0.29, 0.717) is 42.8 Å². The number of phenols is 1. The molecule has 0 amide bonds. The fourth-order valence-corrected chi connectivity index (χ4v) is 5.89. The van der Waals surface area contributed by atoms with Crippen molar-refractivity contribution in [2.45, 2.75) is 32.7 Å². The molecule has 0 saturated heterocycles. The highest BCUT2D eigenvalue weighted by Crippen LogP contribution is 2.38. The third kappa shape index (κ3) is 5.07. The Morgan fingerprint density at radius 1 is 1.22 bits per heavy atom. The molecule has 0 spiro atoms. The molecule has 1 atom stereocenters. The highest BCUT2D eigenvalue weighted by molar-refractivity contribution is 9.10. The van der Waals surface area contributed by atoms with Gasteiger partial charge in [-0.25, -0.2) is 9.79 Å². The van der Waals surface area contributed by atoms with E-state index in [1.165, 1.54) is 11.3 Å². The van der Waals surface area contributed by atoms with Gasteiger partial charge in [-0.3, -0.25) is 9.36 Å². The molecule has 0 saturated carbocycles. The maximum Gasteiger partial charge on any atom is 0.338 e. The molecule has 1 aromatic heterocycles. The van der Waals surface area contributed by atoms with Gasteiger partial charge < -0.3 is 14.6 Å². The summed E-state index contributed by atoms with van der Waals surface area (Å²) in [6, 6.07) is 9.73. The number of esters is 1. The van der Waals surface area contributed by atoms with Crippen molar-refractivity contribution in [3.05, 3.63) is 87.4 Å². The quantitative estimate of drug-likeness (QED) is 0.376. The highest BCUT2D eigenvalue weighted by Gasteiger charge is 2.36. The van der Waals surface area contributed by atoms with Crippen molar-refractivity contribution in [1.82, 2.24) is 4.57 Å². The van der Waals surface area contributed by atoms with Gasteiger partial charge in [0.15, 0.2) is 4.80 Å². The van der Waals surface area contributed by atoms with E-state index >= 15 is 0 Å². The number of phenolic OH excluding ortho intramolecular Hbond substituents is 1. The zero-order valence-corrected chi connectivity index (χ0v) is 23.9. The van der Waals surface area contributed by atoms with Crippen LogP contribution in [0.25, 0.3) is 6.08 Å². The molecule has 1 aliphatic rings. The number of hydrogen-bond donors (Lipinski definition) is 1. The minimum absolute atomic E-state index is 0.110. The summed E-state index contributed by atoms with van der Waals surface area (Å²) in [6.45, 7) is 3.96. The Labute approximate surface area is 228 Å². The fraction of sp³-hybridized carbons (Fsp3) is 0.269. The second kappa shape index (κ2) is 11.1. The second-order valence-corrected chi connectivity index (χ2v) is 10.8. The molecule has 0 fully saturated rings. The Morgan fingerprint density at radius 2 is 2.00 bits per heavy atom.